The molecule has 114 valence electrons. The van der Waals surface area contributed by atoms with Crippen molar-refractivity contribution in [1.82, 2.24) is 0 Å². The van der Waals surface area contributed by atoms with Crippen LogP contribution in [0.3, 0.4) is 0 Å². The molecule has 4 nitrogen and oxygen atoms in total. The molecule has 0 aromatic carbocycles. The fourth-order valence-electron chi connectivity index (χ4n) is 4.86. The van der Waals surface area contributed by atoms with Gasteiger partial charge in [0.05, 0.1) is 35.2 Å². The summed E-state index contributed by atoms with van der Waals surface area (Å²) in [5.74, 6) is 0.611. The van der Waals surface area contributed by atoms with Crippen LogP contribution in [-0.2, 0) is 18.9 Å². The topological polar surface area (TPSA) is 36.9 Å². The molecule has 0 amide bonds. The summed E-state index contributed by atoms with van der Waals surface area (Å²) in [6.45, 7) is 2.67. The maximum absolute atomic E-state index is 6.06. The molecule has 0 aromatic rings. The van der Waals surface area contributed by atoms with Gasteiger partial charge in [-0.1, -0.05) is 50.1 Å². The lowest BCUT2D eigenvalue weighted by Gasteiger charge is -2.35. The highest BCUT2D eigenvalue weighted by Crippen LogP contribution is 2.69. The van der Waals surface area contributed by atoms with Gasteiger partial charge in [-0.25, -0.2) is 0 Å². The van der Waals surface area contributed by atoms with Gasteiger partial charge in [0.2, 0.25) is 5.79 Å². The first kappa shape index (κ1) is 13.7. The number of hydrogen-bond acceptors (Lipinski definition) is 4. The Balaban J connectivity index is 1.58. The van der Waals surface area contributed by atoms with Crippen molar-refractivity contribution in [3.63, 3.8) is 0 Å². The summed E-state index contributed by atoms with van der Waals surface area (Å²) in [5.41, 5.74) is 0. The Bertz CT molecular complexity index is 536. The van der Waals surface area contributed by atoms with Gasteiger partial charge < -0.3 is 18.9 Å². The third-order valence-corrected chi connectivity index (χ3v) is 7.71. The van der Waals surface area contributed by atoms with E-state index in [2.05, 4.69) is 50.1 Å². The van der Waals surface area contributed by atoms with Crippen LogP contribution in [0.1, 0.15) is 0 Å². The van der Waals surface area contributed by atoms with E-state index in [1.807, 2.05) is 0 Å². The quantitative estimate of drug-likeness (QED) is 0.483. The van der Waals surface area contributed by atoms with Crippen LogP contribution in [0.4, 0.5) is 0 Å². The minimum Gasteiger partial charge on any atom is -0.350 e. The lowest BCUT2D eigenvalue weighted by Crippen LogP contribution is -2.42. The number of hydrogen-bond donors (Lipinski definition) is 0. The first-order valence-corrected chi connectivity index (χ1v) is 9.03. The highest BCUT2D eigenvalue weighted by Gasteiger charge is 2.72. The number of allylic oxidation sites excluding steroid dienone is 3. The van der Waals surface area contributed by atoms with Crippen LogP contribution in [0.25, 0.3) is 0 Å². The molecule has 21 heavy (non-hydrogen) atoms. The van der Waals surface area contributed by atoms with E-state index in [0.717, 1.165) is 4.48 Å². The van der Waals surface area contributed by atoms with Crippen molar-refractivity contribution in [2.24, 2.45) is 23.7 Å². The van der Waals surface area contributed by atoms with Crippen LogP contribution in [0.2, 0.25) is 0 Å². The van der Waals surface area contributed by atoms with Crippen LogP contribution in [0.15, 0.2) is 22.7 Å². The molecule has 2 heterocycles. The van der Waals surface area contributed by atoms with Gasteiger partial charge in [0, 0.05) is 17.8 Å². The third kappa shape index (κ3) is 1.54. The Kier molecular flexibility index (Phi) is 2.88. The maximum atomic E-state index is 6.06. The van der Waals surface area contributed by atoms with Crippen molar-refractivity contribution in [2.75, 3.05) is 26.4 Å². The Morgan fingerprint density at radius 2 is 1.76 bits per heavy atom. The second-order valence-corrected chi connectivity index (χ2v) is 8.56. The normalized spacial score (nSPS) is 50.3. The number of alkyl halides is 1. The van der Waals surface area contributed by atoms with Crippen molar-refractivity contribution < 1.29 is 18.9 Å². The standard InChI is InChI=1S/C15H16Br2O4/c16-10-7-9-11(15(10)20-5-6-21-15)8-1-2-14(9,17)12(8)13-18-3-4-19-13/h1-2,7-9,11-13H,3-6H2/t8-,9?,11?,12?,14-/m0/s1. The van der Waals surface area contributed by atoms with E-state index in [-0.39, 0.29) is 22.5 Å². The number of halogens is 2. The van der Waals surface area contributed by atoms with E-state index in [0.29, 0.717) is 38.3 Å². The summed E-state index contributed by atoms with van der Waals surface area (Å²) in [4.78, 5) is 0. The van der Waals surface area contributed by atoms with Crippen molar-refractivity contribution in [3.05, 3.63) is 22.7 Å². The summed E-state index contributed by atoms with van der Waals surface area (Å²) in [6.07, 6.45) is 6.69. The Morgan fingerprint density at radius 1 is 1.05 bits per heavy atom. The predicted molar refractivity (Wildman–Crippen MR) is 82.1 cm³/mol. The average Bonchev–Trinajstić information content (AvgIpc) is 3.22. The summed E-state index contributed by atoms with van der Waals surface area (Å²) in [5, 5.41) is 0. The van der Waals surface area contributed by atoms with Crippen molar-refractivity contribution in [2.45, 2.75) is 16.4 Å². The SMILES string of the molecule is BrC1=CC2C([C@@H]3C=C[C@@]2(Br)C3C2OCCO2)C12OCCO2. The Labute approximate surface area is 140 Å². The number of fused-ring (bicyclic) bond motifs is 6. The van der Waals surface area contributed by atoms with Crippen LogP contribution in [0.5, 0.6) is 0 Å². The van der Waals surface area contributed by atoms with Crippen LogP contribution < -0.4 is 0 Å². The molecule has 2 saturated heterocycles. The molecule has 0 aromatic heterocycles. The van der Waals surface area contributed by atoms with E-state index < -0.39 is 5.79 Å². The van der Waals surface area contributed by atoms with E-state index in [1.54, 1.807) is 0 Å². The van der Waals surface area contributed by atoms with Gasteiger partial charge in [-0.3, -0.25) is 0 Å². The summed E-state index contributed by atoms with van der Waals surface area (Å²) in [7, 11) is 0. The van der Waals surface area contributed by atoms with Gasteiger partial charge in [-0.2, -0.15) is 0 Å². The van der Waals surface area contributed by atoms with Gasteiger partial charge in [0.25, 0.3) is 0 Å². The Hall–Kier alpha value is 0.280. The number of ether oxygens (including phenoxy) is 4. The molecule has 3 unspecified atom stereocenters. The zero-order valence-corrected chi connectivity index (χ0v) is 14.5. The molecule has 3 aliphatic carbocycles. The first-order valence-electron chi connectivity index (χ1n) is 7.44. The highest BCUT2D eigenvalue weighted by molar-refractivity contribution is 9.11. The first-order chi connectivity index (χ1) is 10.2. The second kappa shape index (κ2) is 4.42. The van der Waals surface area contributed by atoms with Crippen molar-refractivity contribution in [3.8, 4) is 0 Å². The molecular formula is C15H16Br2O4. The lowest BCUT2D eigenvalue weighted by atomic mass is 9.82. The molecule has 5 aliphatic rings. The van der Waals surface area contributed by atoms with Crippen molar-refractivity contribution in [1.29, 1.82) is 0 Å². The van der Waals surface area contributed by atoms with Gasteiger partial charge in [0.1, 0.15) is 0 Å². The van der Waals surface area contributed by atoms with E-state index in [9.17, 15) is 0 Å². The van der Waals surface area contributed by atoms with E-state index in [4.69, 9.17) is 18.9 Å². The molecule has 6 heteroatoms. The third-order valence-electron chi connectivity index (χ3n) is 5.57. The van der Waals surface area contributed by atoms with E-state index in [1.165, 1.54) is 0 Å². The van der Waals surface area contributed by atoms with Gasteiger partial charge >= 0.3 is 0 Å². The van der Waals surface area contributed by atoms with Crippen LogP contribution in [-0.4, -0.2) is 42.8 Å². The largest absolute Gasteiger partial charge is 0.350 e. The summed E-state index contributed by atoms with van der Waals surface area (Å²) in [6, 6.07) is 0. The van der Waals surface area contributed by atoms with Crippen LogP contribution in [0, 0.1) is 23.7 Å². The highest BCUT2D eigenvalue weighted by atomic mass is 79.9. The maximum Gasteiger partial charge on any atom is 0.205 e. The smallest absolute Gasteiger partial charge is 0.205 e. The second-order valence-electron chi connectivity index (χ2n) is 6.33. The Morgan fingerprint density at radius 3 is 2.48 bits per heavy atom. The van der Waals surface area contributed by atoms with Gasteiger partial charge in [-0.15, -0.1) is 0 Å². The molecule has 5 atom stereocenters. The lowest BCUT2D eigenvalue weighted by molar-refractivity contribution is -0.168. The molecule has 2 aliphatic heterocycles. The molecule has 0 N–H and O–H groups in total. The number of rotatable bonds is 1. The molecule has 1 saturated carbocycles. The molecule has 3 fully saturated rings. The summed E-state index contributed by atoms with van der Waals surface area (Å²) < 4.78 is 24.7. The fraction of sp³-hybridized carbons (Fsp3) is 0.733. The van der Waals surface area contributed by atoms with Gasteiger partial charge in [0.15, 0.2) is 6.29 Å². The minimum absolute atomic E-state index is 0.130. The zero-order chi connectivity index (χ0) is 14.2. The predicted octanol–water partition coefficient (Wildman–Crippen LogP) is 2.58. The fourth-order valence-corrected chi connectivity index (χ4v) is 6.73. The van der Waals surface area contributed by atoms with Crippen LogP contribution >= 0.6 is 31.9 Å². The molecule has 5 rings (SSSR count). The van der Waals surface area contributed by atoms with E-state index >= 15 is 0 Å². The van der Waals surface area contributed by atoms with Gasteiger partial charge in [-0.05, 0) is 5.92 Å². The minimum atomic E-state index is -0.605. The molecular weight excluding hydrogens is 404 g/mol. The molecule has 2 bridgehead atoms. The van der Waals surface area contributed by atoms with Crippen molar-refractivity contribution >= 4 is 31.9 Å². The monoisotopic (exact) mass is 418 g/mol. The molecule has 1 spiro atoms. The summed E-state index contributed by atoms with van der Waals surface area (Å²) >= 11 is 7.69. The molecule has 0 radical (unpaired) electrons. The average molecular weight is 420 g/mol. The zero-order valence-electron chi connectivity index (χ0n) is 11.3.